The van der Waals surface area contributed by atoms with Gasteiger partial charge >= 0.3 is 0 Å². The third-order valence-electron chi connectivity index (χ3n) is 3.30. The van der Waals surface area contributed by atoms with Crippen molar-refractivity contribution >= 4 is 29.2 Å². The molecule has 0 aliphatic carbocycles. The van der Waals surface area contributed by atoms with Gasteiger partial charge in [-0.15, -0.1) is 11.8 Å². The van der Waals surface area contributed by atoms with E-state index in [2.05, 4.69) is 10.4 Å². The summed E-state index contributed by atoms with van der Waals surface area (Å²) >= 11 is 1.48. The number of nitro groups is 1. The van der Waals surface area contributed by atoms with Gasteiger partial charge in [-0.1, -0.05) is 12.1 Å². The molecule has 1 N–H and O–H groups in total. The lowest BCUT2D eigenvalue weighted by atomic mass is 10.1. The highest BCUT2D eigenvalue weighted by Gasteiger charge is 2.27. The fourth-order valence-corrected chi connectivity index (χ4v) is 3.35. The van der Waals surface area contributed by atoms with Gasteiger partial charge in [0.2, 0.25) is 5.91 Å². The number of aromatic nitrogens is 2. The first kappa shape index (κ1) is 13.6. The Morgan fingerprint density at radius 3 is 2.81 bits per heavy atom. The number of carbonyl (C=O) groups excluding carboxylic acids is 1. The Labute approximate surface area is 124 Å². The summed E-state index contributed by atoms with van der Waals surface area (Å²) in [5, 5.41) is 17.7. The predicted octanol–water partition coefficient (Wildman–Crippen LogP) is 2.10. The standard InChI is InChI=1S/C13H12N4O3S/c1-16-13-10(6-14-16)12(21-7-11(18)15-13)8-2-4-9(5-3-8)17(19)20/h2-6,12H,7H2,1H3,(H,15,18)/t12-/m1/s1. The number of hydrogen-bond donors (Lipinski definition) is 1. The normalized spacial score (nSPS) is 17.8. The van der Waals surface area contributed by atoms with Crippen molar-refractivity contribution in [2.45, 2.75) is 5.25 Å². The van der Waals surface area contributed by atoms with Crippen LogP contribution in [0.3, 0.4) is 0 Å². The molecule has 1 aromatic carbocycles. The molecule has 0 saturated heterocycles. The number of fused-ring (bicyclic) bond motifs is 1. The van der Waals surface area contributed by atoms with E-state index in [0.717, 1.165) is 11.1 Å². The Morgan fingerprint density at radius 1 is 1.43 bits per heavy atom. The maximum absolute atomic E-state index is 11.8. The molecule has 2 heterocycles. The number of benzene rings is 1. The van der Waals surface area contributed by atoms with Gasteiger partial charge in [-0.25, -0.2) is 0 Å². The van der Waals surface area contributed by atoms with E-state index in [1.165, 1.54) is 23.9 Å². The van der Waals surface area contributed by atoms with E-state index in [9.17, 15) is 14.9 Å². The molecule has 0 radical (unpaired) electrons. The minimum absolute atomic E-state index is 0.0537. The number of non-ortho nitro benzene ring substituents is 1. The summed E-state index contributed by atoms with van der Waals surface area (Å²) in [6, 6.07) is 6.41. The second-order valence-electron chi connectivity index (χ2n) is 4.66. The smallest absolute Gasteiger partial charge is 0.269 e. The fraction of sp³-hybridized carbons (Fsp3) is 0.231. The summed E-state index contributed by atoms with van der Waals surface area (Å²) in [7, 11) is 1.77. The highest BCUT2D eigenvalue weighted by Crippen LogP contribution is 2.41. The third-order valence-corrected chi connectivity index (χ3v) is 4.58. The van der Waals surface area contributed by atoms with Gasteiger partial charge in [0.1, 0.15) is 5.82 Å². The number of aryl methyl sites for hydroxylation is 1. The van der Waals surface area contributed by atoms with Crippen LogP contribution >= 0.6 is 11.8 Å². The lowest BCUT2D eigenvalue weighted by Crippen LogP contribution is -2.15. The average molecular weight is 304 g/mol. The maximum Gasteiger partial charge on any atom is 0.269 e. The van der Waals surface area contributed by atoms with E-state index in [-0.39, 0.29) is 16.8 Å². The Balaban J connectivity index is 2.01. The summed E-state index contributed by atoms with van der Waals surface area (Å²) in [6.45, 7) is 0. The molecule has 0 fully saturated rings. The van der Waals surface area contributed by atoms with Crippen LogP contribution in [-0.4, -0.2) is 26.4 Å². The van der Waals surface area contributed by atoms with Crippen LogP contribution in [0.2, 0.25) is 0 Å². The van der Waals surface area contributed by atoms with Gasteiger partial charge in [0.15, 0.2) is 0 Å². The fourth-order valence-electron chi connectivity index (χ4n) is 2.26. The molecule has 1 aromatic heterocycles. The first-order valence-electron chi connectivity index (χ1n) is 6.24. The molecule has 1 amide bonds. The largest absolute Gasteiger partial charge is 0.310 e. The summed E-state index contributed by atoms with van der Waals surface area (Å²) in [5.41, 5.74) is 1.87. The van der Waals surface area contributed by atoms with Gasteiger partial charge < -0.3 is 5.32 Å². The van der Waals surface area contributed by atoms with Gasteiger partial charge in [-0.05, 0) is 5.56 Å². The summed E-state index contributed by atoms with van der Waals surface area (Å²) in [6.07, 6.45) is 1.72. The monoisotopic (exact) mass is 304 g/mol. The molecule has 1 atom stereocenters. The molecule has 3 rings (SSSR count). The number of hydrogen-bond acceptors (Lipinski definition) is 5. The van der Waals surface area contributed by atoms with Crippen molar-refractivity contribution in [2.24, 2.45) is 7.05 Å². The van der Waals surface area contributed by atoms with Gasteiger partial charge in [-0.2, -0.15) is 5.10 Å². The Kier molecular flexibility index (Phi) is 3.38. The summed E-state index contributed by atoms with van der Waals surface area (Å²) < 4.78 is 1.62. The zero-order chi connectivity index (χ0) is 15.0. The zero-order valence-electron chi connectivity index (χ0n) is 11.1. The van der Waals surface area contributed by atoms with Gasteiger partial charge in [0.25, 0.3) is 5.69 Å². The number of thioether (sulfide) groups is 1. The second kappa shape index (κ2) is 5.21. The summed E-state index contributed by atoms with van der Waals surface area (Å²) in [4.78, 5) is 22.0. The molecular formula is C13H12N4O3S. The van der Waals surface area contributed by atoms with Gasteiger partial charge in [-0.3, -0.25) is 19.6 Å². The topological polar surface area (TPSA) is 90.1 Å². The van der Waals surface area contributed by atoms with Crippen LogP contribution in [0.4, 0.5) is 11.5 Å². The van der Waals surface area contributed by atoms with Gasteiger partial charge in [0, 0.05) is 24.7 Å². The molecule has 1 aliphatic heterocycles. The molecule has 0 spiro atoms. The predicted molar refractivity (Wildman–Crippen MR) is 79.2 cm³/mol. The lowest BCUT2D eigenvalue weighted by Gasteiger charge is -2.13. The van der Waals surface area contributed by atoms with Crippen molar-refractivity contribution in [2.75, 3.05) is 11.1 Å². The Bertz CT molecular complexity index is 711. The van der Waals surface area contributed by atoms with E-state index in [1.807, 2.05) is 0 Å². The van der Waals surface area contributed by atoms with Crippen LogP contribution in [0.15, 0.2) is 30.5 Å². The van der Waals surface area contributed by atoms with Gasteiger partial charge in [0.05, 0.1) is 22.1 Å². The summed E-state index contributed by atoms with van der Waals surface area (Å²) in [5.74, 6) is 0.929. The minimum Gasteiger partial charge on any atom is -0.310 e. The molecule has 7 nitrogen and oxygen atoms in total. The van der Waals surface area contributed by atoms with Crippen LogP contribution in [0.25, 0.3) is 0 Å². The molecule has 21 heavy (non-hydrogen) atoms. The number of carbonyl (C=O) groups is 1. The van der Waals surface area contributed by atoms with Crippen LogP contribution in [0.5, 0.6) is 0 Å². The van der Waals surface area contributed by atoms with Crippen LogP contribution in [0, 0.1) is 10.1 Å². The highest BCUT2D eigenvalue weighted by molar-refractivity contribution is 8.00. The second-order valence-corrected chi connectivity index (χ2v) is 5.75. The zero-order valence-corrected chi connectivity index (χ0v) is 12.0. The first-order valence-corrected chi connectivity index (χ1v) is 7.29. The number of anilines is 1. The third kappa shape index (κ3) is 2.49. The molecule has 1 aliphatic rings. The first-order chi connectivity index (χ1) is 10.1. The van der Waals surface area contributed by atoms with Crippen molar-refractivity contribution in [1.29, 1.82) is 0 Å². The highest BCUT2D eigenvalue weighted by atomic mass is 32.2. The van der Waals surface area contributed by atoms with E-state index < -0.39 is 4.92 Å². The molecule has 0 unspecified atom stereocenters. The van der Waals surface area contributed by atoms with E-state index in [1.54, 1.807) is 30.1 Å². The van der Waals surface area contributed by atoms with Crippen LogP contribution in [-0.2, 0) is 11.8 Å². The Morgan fingerprint density at radius 2 is 2.14 bits per heavy atom. The van der Waals surface area contributed by atoms with Crippen LogP contribution in [0.1, 0.15) is 16.4 Å². The van der Waals surface area contributed by atoms with Crippen molar-refractivity contribution < 1.29 is 9.72 Å². The van der Waals surface area contributed by atoms with Crippen LogP contribution < -0.4 is 5.32 Å². The maximum atomic E-state index is 11.8. The quantitative estimate of drug-likeness (QED) is 0.678. The molecule has 0 bridgehead atoms. The van der Waals surface area contributed by atoms with E-state index in [4.69, 9.17) is 0 Å². The number of rotatable bonds is 2. The van der Waals surface area contributed by atoms with Crippen molar-refractivity contribution in [3.63, 3.8) is 0 Å². The number of amides is 1. The average Bonchev–Trinajstić information content (AvgIpc) is 2.72. The lowest BCUT2D eigenvalue weighted by molar-refractivity contribution is -0.384. The SMILES string of the molecule is Cn1ncc2c1NC(=O)CS[C@@H]2c1ccc([N+](=O)[O-])cc1. The van der Waals surface area contributed by atoms with Crippen molar-refractivity contribution in [1.82, 2.24) is 9.78 Å². The molecule has 0 saturated carbocycles. The minimum atomic E-state index is -0.426. The Hall–Kier alpha value is -2.35. The number of nitro benzene ring substituents is 1. The number of nitrogens with zero attached hydrogens (tertiary/aromatic N) is 3. The number of nitrogens with one attached hydrogen (secondary N) is 1. The molecule has 8 heteroatoms. The molecular weight excluding hydrogens is 292 g/mol. The van der Waals surface area contributed by atoms with E-state index in [0.29, 0.717) is 11.6 Å². The molecule has 2 aromatic rings. The van der Waals surface area contributed by atoms with Crippen molar-refractivity contribution in [3.05, 3.63) is 51.7 Å². The molecule has 108 valence electrons. The van der Waals surface area contributed by atoms with Crippen molar-refractivity contribution in [3.8, 4) is 0 Å². The van der Waals surface area contributed by atoms with E-state index >= 15 is 0 Å².